The van der Waals surface area contributed by atoms with Gasteiger partial charge >= 0.3 is 6.03 Å². The third-order valence-electron chi connectivity index (χ3n) is 8.85. The van der Waals surface area contributed by atoms with Gasteiger partial charge in [0, 0.05) is 50.1 Å². The van der Waals surface area contributed by atoms with Gasteiger partial charge in [0.1, 0.15) is 11.6 Å². The molecule has 0 aliphatic carbocycles. The number of rotatable bonds is 8. The molecule has 2 aliphatic rings. The Balaban J connectivity index is 1.39. The van der Waals surface area contributed by atoms with E-state index < -0.39 is 33.9 Å². The fraction of sp³-hybridized carbons (Fsp3) is 0.444. The van der Waals surface area contributed by atoms with Crippen LogP contribution in [0.3, 0.4) is 0 Å². The van der Waals surface area contributed by atoms with E-state index >= 15 is 0 Å². The van der Waals surface area contributed by atoms with Gasteiger partial charge in [-0.3, -0.25) is 9.52 Å². The van der Waals surface area contributed by atoms with Crippen molar-refractivity contribution in [3.8, 4) is 17.2 Å². The number of likely N-dealkylation sites (N-methyl/N-ethyl adjacent to an activating group) is 1. The zero-order chi connectivity index (χ0) is 36.7. The number of fused-ring (bicyclic) bond motifs is 2. The minimum Gasteiger partial charge on any atom is -0.490 e. The second kappa shape index (κ2) is 16.6. The molecule has 0 bridgehead atoms. The number of nitrogens with one attached hydrogen (secondary N) is 2. The summed E-state index contributed by atoms with van der Waals surface area (Å²) in [7, 11) is -2.45. The van der Waals surface area contributed by atoms with Gasteiger partial charge in [-0.15, -0.1) is 0 Å². The van der Waals surface area contributed by atoms with Crippen LogP contribution in [0.25, 0.3) is 0 Å². The third kappa shape index (κ3) is 9.60. The molecule has 0 unspecified atom stereocenters. The molecule has 13 nitrogen and oxygen atoms in total. The highest BCUT2D eigenvalue weighted by Gasteiger charge is 2.31. The first kappa shape index (κ1) is 37.7. The molecule has 0 saturated carbocycles. The highest BCUT2D eigenvalue weighted by molar-refractivity contribution is 7.92. The number of nitrogens with zero attached hydrogens (tertiary/aromatic N) is 2. The van der Waals surface area contributed by atoms with Crippen molar-refractivity contribution in [1.29, 1.82) is 0 Å². The molecule has 4 atom stereocenters. The molecule has 3 N–H and O–H groups in total. The van der Waals surface area contributed by atoms with Gasteiger partial charge in [0.15, 0.2) is 11.5 Å². The Labute approximate surface area is 297 Å². The molecule has 0 radical (unpaired) electrons. The third-order valence-corrected chi connectivity index (χ3v) is 10.2. The summed E-state index contributed by atoms with van der Waals surface area (Å²) in [5.74, 6) is 0.0387. The maximum atomic E-state index is 14.4. The predicted octanol–water partition coefficient (Wildman–Crippen LogP) is 5.31. The average molecular weight is 729 g/mol. The number of anilines is 2. The smallest absolute Gasteiger partial charge is 0.321 e. The number of carbonyl (C=O) groups excluding carboxylic acids is 2. The van der Waals surface area contributed by atoms with Crippen molar-refractivity contribution in [3.63, 3.8) is 0 Å². The molecule has 3 aromatic rings. The molecular formula is C36H45FN4O9S. The highest BCUT2D eigenvalue weighted by Crippen LogP contribution is 2.34. The van der Waals surface area contributed by atoms with Crippen LogP contribution in [0.1, 0.15) is 50.4 Å². The SMILES string of the molecule is C[C@H](CO)N1C[C@H](C)[C@H](CN(C)C(=O)Nc2ccc3c(c2)OCO3)OCCCC[C@H](C)Oc2ccc(NS(=O)(=O)c3ccc(F)cc3)cc2C1=O. The van der Waals surface area contributed by atoms with Crippen molar-refractivity contribution in [3.05, 3.63) is 72.0 Å². The minimum atomic E-state index is -4.11. The lowest BCUT2D eigenvalue weighted by Gasteiger charge is -2.35. The van der Waals surface area contributed by atoms with E-state index in [0.29, 0.717) is 30.2 Å². The number of ether oxygens (including phenoxy) is 4. The average Bonchev–Trinajstić information content (AvgIpc) is 3.57. The number of sulfonamides is 1. The van der Waals surface area contributed by atoms with Crippen molar-refractivity contribution in [2.45, 2.75) is 63.2 Å². The van der Waals surface area contributed by atoms with Gasteiger partial charge < -0.3 is 39.2 Å². The van der Waals surface area contributed by atoms with Crippen LogP contribution in [0.5, 0.6) is 17.2 Å². The van der Waals surface area contributed by atoms with Crippen molar-refractivity contribution in [1.82, 2.24) is 9.80 Å². The Kier molecular flexibility index (Phi) is 12.3. The number of urea groups is 1. The Morgan fingerprint density at radius 1 is 1.02 bits per heavy atom. The Hall–Kier alpha value is -4.60. The van der Waals surface area contributed by atoms with Crippen LogP contribution in [0.4, 0.5) is 20.6 Å². The van der Waals surface area contributed by atoms with E-state index in [1.54, 1.807) is 38.2 Å². The largest absolute Gasteiger partial charge is 0.490 e. The van der Waals surface area contributed by atoms with Crippen LogP contribution in [0.15, 0.2) is 65.6 Å². The topological polar surface area (TPSA) is 156 Å². The number of aliphatic hydroxyl groups is 1. The Bertz CT molecular complexity index is 1790. The van der Waals surface area contributed by atoms with Gasteiger partial charge in [-0.1, -0.05) is 6.92 Å². The maximum Gasteiger partial charge on any atom is 0.321 e. The monoisotopic (exact) mass is 728 g/mol. The van der Waals surface area contributed by atoms with Gasteiger partial charge in [0.05, 0.1) is 35.3 Å². The fourth-order valence-corrected chi connectivity index (χ4v) is 6.87. The number of benzene rings is 3. The van der Waals surface area contributed by atoms with Gasteiger partial charge in [-0.05, 0) is 87.7 Å². The van der Waals surface area contributed by atoms with Crippen LogP contribution in [-0.4, -0.2) is 93.7 Å². The number of hydrogen-bond acceptors (Lipinski definition) is 9. The van der Waals surface area contributed by atoms with Crippen LogP contribution < -0.4 is 24.2 Å². The van der Waals surface area contributed by atoms with Crippen LogP contribution in [0.2, 0.25) is 0 Å². The molecule has 5 rings (SSSR count). The Morgan fingerprint density at radius 3 is 2.47 bits per heavy atom. The van der Waals surface area contributed by atoms with Gasteiger partial charge in [-0.2, -0.15) is 0 Å². The summed E-state index contributed by atoms with van der Waals surface area (Å²) in [5.41, 5.74) is 0.743. The van der Waals surface area contributed by atoms with Crippen LogP contribution in [-0.2, 0) is 14.8 Å². The van der Waals surface area contributed by atoms with E-state index in [9.17, 15) is 27.5 Å². The summed E-state index contributed by atoms with van der Waals surface area (Å²) in [6.45, 7) is 6.06. The molecule has 51 heavy (non-hydrogen) atoms. The number of amides is 3. The van der Waals surface area contributed by atoms with Crippen LogP contribution in [0, 0.1) is 11.7 Å². The molecule has 3 amide bonds. The number of carbonyl (C=O) groups is 2. The molecule has 15 heteroatoms. The number of hydrogen-bond donors (Lipinski definition) is 3. The van der Waals surface area contributed by atoms with Gasteiger partial charge in [-0.25, -0.2) is 17.6 Å². The lowest BCUT2D eigenvalue weighted by Crippen LogP contribution is -2.48. The molecule has 2 aliphatic heterocycles. The molecule has 0 fully saturated rings. The maximum absolute atomic E-state index is 14.4. The summed E-state index contributed by atoms with van der Waals surface area (Å²) >= 11 is 0. The molecule has 2 heterocycles. The number of aliphatic hydroxyl groups excluding tert-OH is 1. The van der Waals surface area contributed by atoms with Crippen molar-refractivity contribution < 1.29 is 46.5 Å². The minimum absolute atomic E-state index is 0.100. The molecule has 0 spiro atoms. The standard InChI is InChI=1S/C36H45FN4O9S/c1-23-19-41(24(2)21-42)35(43)30-17-28(39-51(45,46)29-12-8-26(37)9-13-29)11-14-31(30)50-25(3)7-5-6-16-47-34(23)20-40(4)36(44)38-27-10-15-32-33(18-27)49-22-48-32/h8-15,17-18,23-25,34,39,42H,5-7,16,19-22H2,1-4H3,(H,38,44)/t23-,24+,25-,34-/m0/s1. The van der Waals surface area contributed by atoms with E-state index in [2.05, 4.69) is 10.0 Å². The summed E-state index contributed by atoms with van der Waals surface area (Å²) < 4.78 is 65.5. The van der Waals surface area contributed by atoms with E-state index in [0.717, 1.165) is 37.1 Å². The van der Waals surface area contributed by atoms with Gasteiger partial charge in [0.2, 0.25) is 6.79 Å². The Morgan fingerprint density at radius 2 is 1.73 bits per heavy atom. The van der Waals surface area contributed by atoms with E-state index in [-0.39, 0.29) is 66.4 Å². The molecular weight excluding hydrogens is 683 g/mol. The fourth-order valence-electron chi connectivity index (χ4n) is 5.82. The summed E-state index contributed by atoms with van der Waals surface area (Å²) in [4.78, 5) is 30.5. The normalized spacial score (nSPS) is 20.4. The first-order valence-electron chi connectivity index (χ1n) is 16.9. The van der Waals surface area contributed by atoms with E-state index in [1.165, 1.54) is 21.9 Å². The lowest BCUT2D eigenvalue weighted by atomic mass is 10.0. The zero-order valence-corrected chi connectivity index (χ0v) is 30.0. The van der Waals surface area contributed by atoms with Crippen LogP contribution >= 0.6 is 0 Å². The van der Waals surface area contributed by atoms with Gasteiger partial charge in [0.25, 0.3) is 15.9 Å². The molecule has 0 saturated heterocycles. The quantitative estimate of drug-likeness (QED) is 0.280. The predicted molar refractivity (Wildman–Crippen MR) is 188 cm³/mol. The number of halogens is 1. The second-order valence-electron chi connectivity index (χ2n) is 12.9. The van der Waals surface area contributed by atoms with Crippen molar-refractivity contribution >= 4 is 33.3 Å². The first-order valence-corrected chi connectivity index (χ1v) is 18.4. The summed E-state index contributed by atoms with van der Waals surface area (Å²) in [5, 5.41) is 13.1. The summed E-state index contributed by atoms with van der Waals surface area (Å²) in [6.07, 6.45) is 1.39. The zero-order valence-electron chi connectivity index (χ0n) is 29.1. The lowest BCUT2D eigenvalue weighted by molar-refractivity contribution is -0.0115. The van der Waals surface area contributed by atoms with Crippen molar-refractivity contribution in [2.75, 3.05) is 50.2 Å². The van der Waals surface area contributed by atoms with E-state index in [4.69, 9.17) is 18.9 Å². The first-order chi connectivity index (χ1) is 24.3. The molecule has 3 aromatic carbocycles. The highest BCUT2D eigenvalue weighted by atomic mass is 32.2. The second-order valence-corrected chi connectivity index (χ2v) is 14.6. The van der Waals surface area contributed by atoms with Crippen molar-refractivity contribution in [2.24, 2.45) is 5.92 Å². The molecule has 276 valence electrons. The van der Waals surface area contributed by atoms with E-state index in [1.807, 2.05) is 13.8 Å². The summed E-state index contributed by atoms with van der Waals surface area (Å²) in [6, 6.07) is 13.0. The molecule has 0 aromatic heterocycles.